The van der Waals surface area contributed by atoms with E-state index in [1.165, 1.54) is 11.0 Å². The molecule has 4 heterocycles. The van der Waals surface area contributed by atoms with E-state index in [2.05, 4.69) is 15.6 Å². The fraction of sp³-hybridized carbons (Fsp3) is 0.0930. The number of carbonyl (C=O) groups is 6. The third-order valence-corrected chi connectivity index (χ3v) is 11.8. The van der Waals surface area contributed by atoms with Crippen molar-refractivity contribution < 1.29 is 33.6 Å². The van der Waals surface area contributed by atoms with Gasteiger partial charge in [-0.05, 0) is 70.8 Å². The number of hydrogen-bond donors (Lipinski definition) is 3. The molecule has 0 aliphatic carbocycles. The van der Waals surface area contributed by atoms with Crippen LogP contribution in [0.5, 0.6) is 0 Å². The second-order valence-electron chi connectivity index (χ2n) is 13.2. The van der Waals surface area contributed by atoms with Crippen molar-refractivity contribution in [1.82, 2.24) is 9.80 Å². The van der Waals surface area contributed by atoms with Gasteiger partial charge in [0.25, 0.3) is 35.4 Å². The number of aliphatic imine (C=N–C) groups is 1. The average molecular weight is 878 g/mol. The number of imide groups is 2. The molecule has 4 N–H and O–H groups in total. The second kappa shape index (κ2) is 18.1. The van der Waals surface area contributed by atoms with Gasteiger partial charge in [-0.15, -0.1) is 22.7 Å². The summed E-state index contributed by atoms with van der Waals surface area (Å²) < 4.78 is 0.965. The molecule has 0 saturated heterocycles. The van der Waals surface area contributed by atoms with Gasteiger partial charge in [0.15, 0.2) is 0 Å². The fourth-order valence-electron chi connectivity index (χ4n) is 6.57. The molecule has 0 bridgehead atoms. The summed E-state index contributed by atoms with van der Waals surface area (Å²) in [6, 6.07) is 30.6. The summed E-state index contributed by atoms with van der Waals surface area (Å²) in [4.78, 5) is 93.8. The molecule has 0 spiro atoms. The van der Waals surface area contributed by atoms with Crippen molar-refractivity contribution in [1.29, 1.82) is 0 Å². The van der Waals surface area contributed by atoms with Crippen LogP contribution >= 0.6 is 45.9 Å². The van der Waals surface area contributed by atoms with Crippen LogP contribution in [0.1, 0.15) is 83.0 Å². The number of nitrogens with zero attached hydrogens (tertiary/aromatic N) is 3. The standard InChI is InChI=1S/C22H14ClN3O4S.C21H16ClN3O3S/c23-18-8-7-17(31-18)20(28)25-16-6-2-5-15-19(16)22(30)26(21(15)29)11-14-4-1-3-13(9-14)10-24-12-27;22-17-8-7-16(29-17)19(26)24-15-6-2-5-14-18(15)21(28)25(20(14)27)11-13-4-1-3-12(9-13)10-23/h1-9H,10-11H2,(H,25,28);1-9H,10-11,23H2,(H,24,26). The molecule has 6 aromatic rings. The van der Waals surface area contributed by atoms with Crippen molar-refractivity contribution in [2.75, 3.05) is 10.6 Å². The van der Waals surface area contributed by atoms with Crippen molar-refractivity contribution in [3.05, 3.63) is 172 Å². The van der Waals surface area contributed by atoms with E-state index in [0.29, 0.717) is 36.2 Å². The van der Waals surface area contributed by atoms with Crippen LogP contribution < -0.4 is 16.4 Å². The Balaban J connectivity index is 0.000000182. The first kappa shape index (κ1) is 41.6. The minimum atomic E-state index is -0.489. The van der Waals surface area contributed by atoms with Crippen LogP contribution in [0.2, 0.25) is 8.67 Å². The zero-order valence-corrected chi connectivity index (χ0v) is 34.2. The smallest absolute Gasteiger partial charge is 0.265 e. The van der Waals surface area contributed by atoms with Gasteiger partial charge in [0, 0.05) is 6.54 Å². The highest BCUT2D eigenvalue weighted by Gasteiger charge is 2.39. The van der Waals surface area contributed by atoms with Gasteiger partial charge in [-0.3, -0.25) is 38.6 Å². The summed E-state index contributed by atoms with van der Waals surface area (Å²) in [5.74, 6) is -2.55. The lowest BCUT2D eigenvalue weighted by Gasteiger charge is -2.14. The maximum absolute atomic E-state index is 13.1. The monoisotopic (exact) mass is 876 g/mol. The van der Waals surface area contributed by atoms with Gasteiger partial charge in [-0.1, -0.05) is 83.9 Å². The number of nitrogens with two attached hydrogens (primary N) is 1. The van der Waals surface area contributed by atoms with Gasteiger partial charge in [0.1, 0.15) is 0 Å². The summed E-state index contributed by atoms with van der Waals surface area (Å²) in [5, 5.41) is 5.43. The summed E-state index contributed by atoms with van der Waals surface area (Å²) in [7, 11) is 0. The van der Waals surface area contributed by atoms with Crippen molar-refractivity contribution in [3.8, 4) is 0 Å². The van der Waals surface area contributed by atoms with Crippen LogP contribution in [-0.2, 0) is 31.0 Å². The maximum Gasteiger partial charge on any atom is 0.265 e. The first-order chi connectivity index (χ1) is 28.9. The summed E-state index contributed by atoms with van der Waals surface area (Å²) in [5.41, 5.74) is 10.3. The topological polar surface area (TPSA) is 188 Å². The Hall–Kier alpha value is -6.58. The number of thiophene rings is 2. The Morgan fingerprint density at radius 2 is 1.03 bits per heavy atom. The van der Waals surface area contributed by atoms with E-state index in [4.69, 9.17) is 28.9 Å². The Morgan fingerprint density at radius 3 is 1.47 bits per heavy atom. The lowest BCUT2D eigenvalue weighted by Crippen LogP contribution is -2.29. The number of fused-ring (bicyclic) bond motifs is 2. The highest BCUT2D eigenvalue weighted by atomic mass is 35.5. The third-order valence-electron chi connectivity index (χ3n) is 9.31. The molecule has 4 aromatic carbocycles. The van der Waals surface area contributed by atoms with E-state index in [0.717, 1.165) is 44.3 Å². The number of halogens is 2. The number of hydrogen-bond acceptors (Lipinski definition) is 11. The molecule has 2 aromatic heterocycles. The van der Waals surface area contributed by atoms with E-state index < -0.39 is 29.5 Å². The SMILES string of the molecule is NCc1cccc(CN2C(=O)c3cccc(NC(=O)c4ccc(Cl)s4)c3C2=O)c1.O=C=NCc1cccc(CN2C(=O)c3cccc(NC(=O)c4ccc(Cl)s4)c3C2=O)c1. The average Bonchev–Trinajstić information content (AvgIpc) is 4.01. The van der Waals surface area contributed by atoms with Gasteiger partial charge < -0.3 is 16.4 Å². The number of rotatable bonds is 11. The normalized spacial score (nSPS) is 12.7. The van der Waals surface area contributed by atoms with Crippen LogP contribution in [0.3, 0.4) is 0 Å². The van der Waals surface area contributed by atoms with Crippen molar-refractivity contribution >= 4 is 98.8 Å². The summed E-state index contributed by atoms with van der Waals surface area (Å²) >= 11 is 14.0. The number of amides is 6. The molecule has 8 rings (SSSR count). The zero-order valence-electron chi connectivity index (χ0n) is 31.1. The molecule has 300 valence electrons. The van der Waals surface area contributed by atoms with Gasteiger partial charge in [-0.2, -0.15) is 0 Å². The second-order valence-corrected chi connectivity index (χ2v) is 16.6. The van der Waals surface area contributed by atoms with Gasteiger partial charge >= 0.3 is 0 Å². The molecule has 0 saturated carbocycles. The van der Waals surface area contributed by atoms with Crippen molar-refractivity contribution in [3.63, 3.8) is 0 Å². The quantitative estimate of drug-likeness (QED) is 0.0660. The fourth-order valence-corrected chi connectivity index (χ4v) is 8.45. The highest BCUT2D eigenvalue weighted by Crippen LogP contribution is 2.33. The van der Waals surface area contributed by atoms with E-state index in [1.54, 1.807) is 84.9 Å². The number of isocyanates is 1. The lowest BCUT2D eigenvalue weighted by molar-refractivity contribution is 0.0627. The molecule has 60 heavy (non-hydrogen) atoms. The van der Waals surface area contributed by atoms with Crippen LogP contribution in [-0.4, -0.2) is 51.3 Å². The first-order valence-electron chi connectivity index (χ1n) is 18.0. The summed E-state index contributed by atoms with van der Waals surface area (Å²) in [6.07, 6.45) is 1.48. The highest BCUT2D eigenvalue weighted by molar-refractivity contribution is 7.18. The molecule has 0 unspecified atom stereocenters. The van der Waals surface area contributed by atoms with E-state index in [9.17, 15) is 33.6 Å². The largest absolute Gasteiger partial charge is 0.326 e. The van der Waals surface area contributed by atoms with Crippen molar-refractivity contribution in [2.24, 2.45) is 10.7 Å². The molecule has 6 amide bonds. The van der Waals surface area contributed by atoms with Crippen LogP contribution in [0, 0.1) is 0 Å². The van der Waals surface area contributed by atoms with Crippen LogP contribution in [0.15, 0.2) is 114 Å². The maximum atomic E-state index is 13.1. The van der Waals surface area contributed by atoms with E-state index in [1.807, 2.05) is 24.3 Å². The third kappa shape index (κ3) is 8.87. The predicted octanol–water partition coefficient (Wildman–Crippen LogP) is 8.19. The molecule has 2 aliphatic heterocycles. The summed E-state index contributed by atoms with van der Waals surface area (Å²) in [6.45, 7) is 0.730. The van der Waals surface area contributed by atoms with E-state index in [-0.39, 0.29) is 53.5 Å². The number of nitrogens with one attached hydrogen (secondary N) is 2. The van der Waals surface area contributed by atoms with E-state index >= 15 is 0 Å². The van der Waals surface area contributed by atoms with Crippen LogP contribution in [0.25, 0.3) is 0 Å². The first-order valence-corrected chi connectivity index (χ1v) is 20.4. The number of anilines is 2. The predicted molar refractivity (Wildman–Crippen MR) is 228 cm³/mol. The number of carbonyl (C=O) groups excluding carboxylic acids is 7. The lowest BCUT2D eigenvalue weighted by atomic mass is 10.1. The molecule has 13 nitrogen and oxygen atoms in total. The Kier molecular flexibility index (Phi) is 12.6. The Morgan fingerprint density at radius 1 is 0.600 bits per heavy atom. The van der Waals surface area contributed by atoms with Gasteiger partial charge in [-0.25, -0.2) is 9.79 Å². The Bertz CT molecular complexity index is 2780. The zero-order chi connectivity index (χ0) is 42.5. The molecule has 17 heteroatoms. The molecule has 0 fully saturated rings. The molecule has 0 atom stereocenters. The molecular weight excluding hydrogens is 848 g/mol. The molecule has 2 aliphatic rings. The van der Waals surface area contributed by atoms with Gasteiger partial charge in [0.05, 0.1) is 71.7 Å². The molecule has 0 radical (unpaired) electrons. The van der Waals surface area contributed by atoms with Crippen LogP contribution in [0.4, 0.5) is 11.4 Å². The minimum Gasteiger partial charge on any atom is -0.326 e. The minimum absolute atomic E-state index is 0.0545. The molecular formula is C43H30Cl2N6O7S2. The number of benzene rings is 4. The Labute approximate surface area is 360 Å². The van der Waals surface area contributed by atoms with Gasteiger partial charge in [0.2, 0.25) is 6.08 Å². The van der Waals surface area contributed by atoms with Crippen molar-refractivity contribution in [2.45, 2.75) is 26.2 Å².